The minimum Gasteiger partial charge on any atom is -0.494 e. The van der Waals surface area contributed by atoms with Gasteiger partial charge in [0.15, 0.2) is 0 Å². The molecule has 1 aliphatic rings. The van der Waals surface area contributed by atoms with Gasteiger partial charge in [0.1, 0.15) is 5.75 Å². The van der Waals surface area contributed by atoms with Gasteiger partial charge < -0.3 is 14.8 Å². The van der Waals surface area contributed by atoms with Gasteiger partial charge in [0, 0.05) is 29.7 Å². The van der Waals surface area contributed by atoms with Gasteiger partial charge in [-0.05, 0) is 48.9 Å². The van der Waals surface area contributed by atoms with Gasteiger partial charge in [-0.2, -0.15) is 4.31 Å². The highest BCUT2D eigenvalue weighted by molar-refractivity contribution is 9.10. The Kier molecular flexibility index (Phi) is 7.65. The second-order valence-electron chi connectivity index (χ2n) is 6.50. The first-order valence-electron chi connectivity index (χ1n) is 9.31. The molecule has 1 heterocycles. The Labute approximate surface area is 179 Å². The second kappa shape index (κ2) is 10.2. The zero-order valence-electron chi connectivity index (χ0n) is 15.8. The highest BCUT2D eigenvalue weighted by Crippen LogP contribution is 2.21. The summed E-state index contributed by atoms with van der Waals surface area (Å²) in [5.74, 6) is 0.556. The molecule has 3 rings (SSSR count). The minimum absolute atomic E-state index is 0.163. The number of benzene rings is 2. The van der Waals surface area contributed by atoms with Crippen molar-refractivity contribution in [2.24, 2.45) is 0 Å². The van der Waals surface area contributed by atoms with Crippen LogP contribution in [0.25, 0.3) is 0 Å². The Balaban J connectivity index is 1.50. The number of morpholine rings is 1. The van der Waals surface area contributed by atoms with Crippen LogP contribution in [0.5, 0.6) is 5.75 Å². The molecule has 156 valence electrons. The molecule has 1 saturated heterocycles. The molecule has 29 heavy (non-hydrogen) atoms. The van der Waals surface area contributed by atoms with Crippen LogP contribution in [0.3, 0.4) is 0 Å². The van der Waals surface area contributed by atoms with E-state index < -0.39 is 10.0 Å². The number of sulfonamides is 1. The Morgan fingerprint density at radius 3 is 2.59 bits per heavy atom. The molecule has 0 unspecified atom stereocenters. The topological polar surface area (TPSA) is 84.9 Å². The molecule has 0 bridgehead atoms. The fraction of sp³-hybridized carbons (Fsp3) is 0.350. The number of amides is 1. The molecule has 0 aliphatic carbocycles. The summed E-state index contributed by atoms with van der Waals surface area (Å²) in [6.45, 7) is 1.85. The molecule has 0 saturated carbocycles. The maximum Gasteiger partial charge on any atom is 0.243 e. The van der Waals surface area contributed by atoms with E-state index in [1.54, 1.807) is 12.1 Å². The number of nitrogens with zero attached hydrogens (tertiary/aromatic N) is 1. The predicted molar refractivity (Wildman–Crippen MR) is 114 cm³/mol. The van der Waals surface area contributed by atoms with Gasteiger partial charge >= 0.3 is 0 Å². The summed E-state index contributed by atoms with van der Waals surface area (Å²) in [7, 11) is -3.60. The number of halogens is 1. The highest BCUT2D eigenvalue weighted by Gasteiger charge is 2.26. The van der Waals surface area contributed by atoms with Crippen molar-refractivity contribution in [3.8, 4) is 5.75 Å². The number of nitrogens with one attached hydrogen (secondary N) is 1. The van der Waals surface area contributed by atoms with Crippen LogP contribution in [0.4, 0.5) is 5.69 Å². The summed E-state index contributed by atoms with van der Waals surface area (Å²) in [5.41, 5.74) is 0.457. The van der Waals surface area contributed by atoms with E-state index >= 15 is 0 Å². The maximum atomic E-state index is 12.7. The van der Waals surface area contributed by atoms with Crippen LogP contribution in [0.1, 0.15) is 12.8 Å². The van der Waals surface area contributed by atoms with Gasteiger partial charge in [-0.1, -0.05) is 22.0 Å². The molecule has 0 aromatic heterocycles. The molecule has 1 aliphatic heterocycles. The number of rotatable bonds is 8. The van der Waals surface area contributed by atoms with Crippen molar-refractivity contribution in [1.29, 1.82) is 0 Å². The third-order valence-electron chi connectivity index (χ3n) is 4.36. The summed E-state index contributed by atoms with van der Waals surface area (Å²) in [5, 5.41) is 2.76. The second-order valence-corrected chi connectivity index (χ2v) is 9.35. The van der Waals surface area contributed by atoms with E-state index in [2.05, 4.69) is 21.2 Å². The van der Waals surface area contributed by atoms with Crippen LogP contribution in [0.2, 0.25) is 0 Å². The van der Waals surface area contributed by atoms with Crippen molar-refractivity contribution in [2.45, 2.75) is 17.7 Å². The summed E-state index contributed by atoms with van der Waals surface area (Å²) in [4.78, 5) is 12.3. The quantitative estimate of drug-likeness (QED) is 0.583. The van der Waals surface area contributed by atoms with E-state index in [0.29, 0.717) is 45.0 Å². The number of ether oxygens (including phenoxy) is 2. The van der Waals surface area contributed by atoms with E-state index in [-0.39, 0.29) is 17.2 Å². The first-order chi connectivity index (χ1) is 13.9. The molecule has 2 aromatic carbocycles. The van der Waals surface area contributed by atoms with E-state index in [4.69, 9.17) is 9.47 Å². The molecule has 1 fully saturated rings. The summed E-state index contributed by atoms with van der Waals surface area (Å²) in [6.07, 6.45) is 0.824. The number of hydrogen-bond acceptors (Lipinski definition) is 5. The first kappa shape index (κ1) is 21.8. The van der Waals surface area contributed by atoms with Crippen molar-refractivity contribution in [2.75, 3.05) is 38.2 Å². The van der Waals surface area contributed by atoms with Crippen molar-refractivity contribution < 1.29 is 22.7 Å². The Bertz CT molecular complexity index is 928. The summed E-state index contributed by atoms with van der Waals surface area (Å²) >= 11 is 3.36. The highest BCUT2D eigenvalue weighted by atomic mass is 79.9. The standard InChI is InChI=1S/C20H23BrN2O5S/c21-16-6-8-18(9-7-16)28-12-2-5-20(24)22-17-3-1-4-19(15-17)29(25,26)23-10-13-27-14-11-23/h1,3-4,6-9,15H,2,5,10-14H2,(H,22,24). The molecular weight excluding hydrogens is 460 g/mol. The maximum absolute atomic E-state index is 12.7. The molecule has 1 amide bonds. The first-order valence-corrected chi connectivity index (χ1v) is 11.5. The van der Waals surface area contributed by atoms with Gasteiger partial charge in [-0.25, -0.2) is 8.42 Å². The summed E-state index contributed by atoms with van der Waals surface area (Å²) in [6, 6.07) is 13.8. The molecular formula is C20H23BrN2O5S. The van der Waals surface area contributed by atoms with Gasteiger partial charge in [0.2, 0.25) is 15.9 Å². The van der Waals surface area contributed by atoms with E-state index in [0.717, 1.165) is 10.2 Å². The lowest BCUT2D eigenvalue weighted by atomic mass is 10.2. The average Bonchev–Trinajstić information content (AvgIpc) is 2.73. The molecule has 0 radical (unpaired) electrons. The molecule has 1 N–H and O–H groups in total. The van der Waals surface area contributed by atoms with Crippen LogP contribution in [-0.4, -0.2) is 51.5 Å². The predicted octanol–water partition coefficient (Wildman–Crippen LogP) is 3.27. The lowest BCUT2D eigenvalue weighted by Crippen LogP contribution is -2.40. The number of anilines is 1. The average molecular weight is 483 g/mol. The van der Waals surface area contributed by atoms with E-state index in [9.17, 15) is 13.2 Å². The molecule has 7 nitrogen and oxygen atoms in total. The van der Waals surface area contributed by atoms with Crippen LogP contribution in [0, 0.1) is 0 Å². The van der Waals surface area contributed by atoms with Gasteiger partial charge in [-0.3, -0.25) is 4.79 Å². The van der Waals surface area contributed by atoms with Crippen LogP contribution >= 0.6 is 15.9 Å². The fourth-order valence-electron chi connectivity index (χ4n) is 2.85. The van der Waals surface area contributed by atoms with Crippen LogP contribution in [-0.2, 0) is 19.6 Å². The third-order valence-corrected chi connectivity index (χ3v) is 6.78. The number of carbonyl (C=O) groups is 1. The van der Waals surface area contributed by atoms with Crippen molar-refractivity contribution in [1.82, 2.24) is 4.31 Å². The van der Waals surface area contributed by atoms with Crippen molar-refractivity contribution >= 4 is 37.5 Å². The molecule has 0 atom stereocenters. The Morgan fingerprint density at radius 1 is 1.14 bits per heavy atom. The van der Waals surface area contributed by atoms with Crippen molar-refractivity contribution in [3.05, 3.63) is 53.0 Å². The molecule has 2 aromatic rings. The number of carbonyl (C=O) groups excluding carboxylic acids is 1. The molecule has 9 heteroatoms. The minimum atomic E-state index is -3.60. The summed E-state index contributed by atoms with van der Waals surface area (Å²) < 4.78 is 38.6. The van der Waals surface area contributed by atoms with Gasteiger partial charge in [0.25, 0.3) is 0 Å². The van der Waals surface area contributed by atoms with Gasteiger partial charge in [-0.15, -0.1) is 0 Å². The monoisotopic (exact) mass is 482 g/mol. The van der Waals surface area contributed by atoms with Crippen LogP contribution in [0.15, 0.2) is 57.9 Å². The number of hydrogen-bond donors (Lipinski definition) is 1. The van der Waals surface area contributed by atoms with Crippen LogP contribution < -0.4 is 10.1 Å². The van der Waals surface area contributed by atoms with E-state index in [1.807, 2.05) is 24.3 Å². The largest absolute Gasteiger partial charge is 0.494 e. The molecule has 0 spiro atoms. The third kappa shape index (κ3) is 6.27. The van der Waals surface area contributed by atoms with Crippen molar-refractivity contribution in [3.63, 3.8) is 0 Å². The smallest absolute Gasteiger partial charge is 0.243 e. The normalized spacial score (nSPS) is 15.1. The Hall–Kier alpha value is -1.94. The SMILES string of the molecule is O=C(CCCOc1ccc(Br)cc1)Nc1cccc(S(=O)(=O)N2CCOCC2)c1. The zero-order chi connectivity index (χ0) is 20.7. The zero-order valence-corrected chi connectivity index (χ0v) is 18.2. The lowest BCUT2D eigenvalue weighted by Gasteiger charge is -2.26. The van der Waals surface area contributed by atoms with E-state index in [1.165, 1.54) is 16.4 Å². The fourth-order valence-corrected chi connectivity index (χ4v) is 4.57. The Morgan fingerprint density at radius 2 is 1.86 bits per heavy atom. The lowest BCUT2D eigenvalue weighted by molar-refractivity contribution is -0.116. The van der Waals surface area contributed by atoms with Gasteiger partial charge in [0.05, 0.1) is 24.7 Å².